The fourth-order valence-electron chi connectivity index (χ4n) is 3.94. The highest BCUT2D eigenvalue weighted by Crippen LogP contribution is 2.42. The molecule has 11 heteroatoms. The van der Waals surface area contributed by atoms with E-state index in [1.807, 2.05) is 0 Å². The van der Waals surface area contributed by atoms with Crippen LogP contribution in [0.1, 0.15) is 83.7 Å². The number of benzene rings is 1. The van der Waals surface area contributed by atoms with Crippen molar-refractivity contribution in [2.24, 2.45) is 0 Å². The van der Waals surface area contributed by atoms with Crippen LogP contribution in [0.4, 0.5) is 18.0 Å². The van der Waals surface area contributed by atoms with E-state index in [0.717, 1.165) is 43.1 Å². The zero-order chi connectivity index (χ0) is 27.3. The molecule has 2 heterocycles. The topological polar surface area (TPSA) is 73.8 Å². The molecule has 1 aromatic carbocycles. The van der Waals surface area contributed by atoms with Gasteiger partial charge >= 0.3 is 12.3 Å². The van der Waals surface area contributed by atoms with Gasteiger partial charge in [0, 0.05) is 5.56 Å². The highest BCUT2D eigenvalue weighted by Gasteiger charge is 2.47. The van der Waals surface area contributed by atoms with Gasteiger partial charge in [-0.3, -0.25) is 4.90 Å². The van der Waals surface area contributed by atoms with Crippen molar-refractivity contribution in [3.05, 3.63) is 28.8 Å². The Kier molecular flexibility index (Phi) is 9.44. The zero-order valence-corrected chi connectivity index (χ0v) is 22.9. The quantitative estimate of drug-likeness (QED) is 0.291. The maximum atomic E-state index is 13.9. The lowest BCUT2D eigenvalue weighted by Crippen LogP contribution is -2.46. The van der Waals surface area contributed by atoms with Crippen LogP contribution in [0.25, 0.3) is 10.6 Å². The molecule has 0 spiro atoms. The Morgan fingerprint density at radius 3 is 2.51 bits per heavy atom. The van der Waals surface area contributed by atoms with Crippen molar-refractivity contribution in [2.45, 2.75) is 90.5 Å². The molecule has 37 heavy (non-hydrogen) atoms. The summed E-state index contributed by atoms with van der Waals surface area (Å²) in [5.74, 6) is -0.193. The van der Waals surface area contributed by atoms with Crippen molar-refractivity contribution >= 4 is 17.4 Å². The predicted molar refractivity (Wildman–Crippen MR) is 135 cm³/mol. The molecule has 1 atom stereocenters. The Bertz CT molecular complexity index is 1050. The summed E-state index contributed by atoms with van der Waals surface area (Å²) in [6.45, 7) is 9.62. The van der Waals surface area contributed by atoms with Crippen LogP contribution < -0.4 is 4.74 Å². The van der Waals surface area contributed by atoms with Crippen LogP contribution in [-0.4, -0.2) is 46.7 Å². The van der Waals surface area contributed by atoms with Crippen LogP contribution in [0.2, 0.25) is 0 Å². The van der Waals surface area contributed by atoms with E-state index in [1.54, 1.807) is 33.8 Å². The molecule has 0 saturated carbocycles. The molecule has 3 rings (SSSR count). The van der Waals surface area contributed by atoms with Gasteiger partial charge in [0.2, 0.25) is 0 Å². The number of carbonyl (C=O) groups excluding carboxylic acids is 1. The summed E-state index contributed by atoms with van der Waals surface area (Å²) < 4.78 is 58.1. The molecule has 0 radical (unpaired) electrons. The summed E-state index contributed by atoms with van der Waals surface area (Å²) in [5, 5.41) is 9.09. The fourth-order valence-corrected chi connectivity index (χ4v) is 4.92. The van der Waals surface area contributed by atoms with Gasteiger partial charge in [-0.25, -0.2) is 4.79 Å². The van der Waals surface area contributed by atoms with Crippen molar-refractivity contribution in [1.29, 1.82) is 0 Å². The van der Waals surface area contributed by atoms with Crippen LogP contribution in [0.5, 0.6) is 5.75 Å². The van der Waals surface area contributed by atoms with Crippen molar-refractivity contribution in [3.63, 3.8) is 0 Å². The molecule has 1 aromatic heterocycles. The Labute approximate surface area is 220 Å². The van der Waals surface area contributed by atoms with Crippen LogP contribution in [-0.2, 0) is 21.2 Å². The molecule has 0 N–H and O–H groups in total. The molecule has 1 unspecified atom stereocenters. The highest BCUT2D eigenvalue weighted by molar-refractivity contribution is 7.14. The molecule has 7 nitrogen and oxygen atoms in total. The number of rotatable bonds is 10. The third-order valence-electron chi connectivity index (χ3n) is 5.99. The van der Waals surface area contributed by atoms with E-state index >= 15 is 0 Å². The smallest absolute Gasteiger partial charge is 0.419 e. The first-order valence-corrected chi connectivity index (χ1v) is 13.4. The predicted octanol–water partition coefficient (Wildman–Crippen LogP) is 7.40. The first kappa shape index (κ1) is 29.2. The van der Waals surface area contributed by atoms with Crippen molar-refractivity contribution in [1.82, 2.24) is 15.1 Å². The molecule has 1 saturated heterocycles. The maximum Gasteiger partial charge on any atom is 0.419 e. The summed E-state index contributed by atoms with van der Waals surface area (Å²) in [6.07, 6.45) is 0.976. The van der Waals surface area contributed by atoms with E-state index in [1.165, 1.54) is 17.4 Å². The van der Waals surface area contributed by atoms with Crippen LogP contribution in [0, 0.1) is 0 Å². The second kappa shape index (κ2) is 12.0. The fraction of sp³-hybridized carbons (Fsp3) is 0.654. The highest BCUT2D eigenvalue weighted by atomic mass is 32.1. The summed E-state index contributed by atoms with van der Waals surface area (Å²) in [7, 11) is 0. The summed E-state index contributed by atoms with van der Waals surface area (Å²) in [4.78, 5) is 14.2. The first-order chi connectivity index (χ1) is 17.3. The van der Waals surface area contributed by atoms with Gasteiger partial charge in [0.1, 0.15) is 33.6 Å². The molecular weight excluding hydrogens is 507 g/mol. The van der Waals surface area contributed by atoms with Gasteiger partial charge < -0.3 is 14.2 Å². The average molecular weight is 544 g/mol. The van der Waals surface area contributed by atoms with Gasteiger partial charge in [-0.15, -0.1) is 10.2 Å². The number of ether oxygens (including phenoxy) is 3. The molecule has 2 aromatic rings. The minimum Gasteiger partial charge on any atom is -0.493 e. The van der Waals surface area contributed by atoms with E-state index in [2.05, 4.69) is 17.1 Å². The number of hydrogen-bond donors (Lipinski definition) is 0. The van der Waals surface area contributed by atoms with E-state index < -0.39 is 29.0 Å². The van der Waals surface area contributed by atoms with Crippen molar-refractivity contribution in [3.8, 4) is 16.3 Å². The number of hydrogen-bond acceptors (Lipinski definition) is 7. The number of nitrogens with zero attached hydrogens (tertiary/aromatic N) is 3. The Morgan fingerprint density at radius 2 is 1.84 bits per heavy atom. The summed E-state index contributed by atoms with van der Waals surface area (Å²) >= 11 is 1.12. The van der Waals surface area contributed by atoms with Crippen LogP contribution in [0.15, 0.2) is 18.2 Å². The second-order valence-electron chi connectivity index (χ2n) is 10.4. The lowest BCUT2D eigenvalue weighted by atomic mass is 10.0. The summed E-state index contributed by atoms with van der Waals surface area (Å²) in [5.41, 5.74) is -2.22. The lowest BCUT2D eigenvalue weighted by molar-refractivity contribution is -0.138. The third-order valence-corrected chi connectivity index (χ3v) is 7.21. The van der Waals surface area contributed by atoms with E-state index in [9.17, 15) is 18.0 Å². The van der Waals surface area contributed by atoms with Gasteiger partial charge in [0.05, 0.1) is 18.8 Å². The molecule has 0 aliphatic carbocycles. The number of alkyl halides is 3. The van der Waals surface area contributed by atoms with Crippen molar-refractivity contribution in [2.75, 3.05) is 19.9 Å². The number of amides is 1. The number of aromatic nitrogens is 2. The second-order valence-corrected chi connectivity index (χ2v) is 11.4. The van der Waals surface area contributed by atoms with Crippen molar-refractivity contribution < 1.29 is 32.2 Å². The largest absolute Gasteiger partial charge is 0.493 e. The molecule has 1 aliphatic heterocycles. The standard InChI is InChI=1S/C26H36F3N3O4S/c1-6-7-8-9-10-11-14-35-20-13-12-18(15-19(20)26(27,28)29)21-30-31-22(37-21)25(5)16-34-17-32(25)23(33)36-24(2,3)4/h12-13,15H,6-11,14,16-17H2,1-5H3. The maximum absolute atomic E-state index is 13.9. The SMILES string of the molecule is CCCCCCCCOc1ccc(-c2nnc(C3(C)COCN3C(=O)OC(C)(C)C)s2)cc1C(F)(F)F. The van der Waals surface area contributed by atoms with Crippen LogP contribution in [0.3, 0.4) is 0 Å². The zero-order valence-electron chi connectivity index (χ0n) is 22.1. The third kappa shape index (κ3) is 7.56. The molecular formula is C26H36F3N3O4S. The minimum atomic E-state index is -4.58. The van der Waals surface area contributed by atoms with Gasteiger partial charge in [0.15, 0.2) is 0 Å². The number of carbonyl (C=O) groups is 1. The molecule has 1 amide bonds. The number of halogens is 3. The molecule has 1 fully saturated rings. The molecule has 1 aliphatic rings. The van der Waals surface area contributed by atoms with Gasteiger partial charge in [-0.2, -0.15) is 13.2 Å². The Balaban J connectivity index is 1.76. The monoisotopic (exact) mass is 543 g/mol. The van der Waals surface area contributed by atoms with Gasteiger partial charge in [0.25, 0.3) is 0 Å². The normalized spacial score (nSPS) is 18.3. The first-order valence-electron chi connectivity index (χ1n) is 12.6. The summed E-state index contributed by atoms with van der Waals surface area (Å²) in [6, 6.07) is 3.93. The minimum absolute atomic E-state index is 0.0171. The molecule has 0 bridgehead atoms. The lowest BCUT2D eigenvalue weighted by Gasteiger charge is -2.32. The van der Waals surface area contributed by atoms with Crippen LogP contribution >= 0.6 is 11.3 Å². The Hall–Kier alpha value is -2.40. The number of unbranched alkanes of at least 4 members (excludes halogenated alkanes) is 5. The Morgan fingerprint density at radius 1 is 1.14 bits per heavy atom. The van der Waals surface area contributed by atoms with Gasteiger partial charge in [-0.05, 0) is 52.3 Å². The van der Waals surface area contributed by atoms with E-state index in [-0.39, 0.29) is 31.3 Å². The van der Waals surface area contributed by atoms with E-state index in [0.29, 0.717) is 16.4 Å². The average Bonchev–Trinajstić information content (AvgIpc) is 3.45. The molecule has 206 valence electrons. The van der Waals surface area contributed by atoms with E-state index in [4.69, 9.17) is 14.2 Å². The van der Waals surface area contributed by atoms with Gasteiger partial charge in [-0.1, -0.05) is 50.4 Å².